The molecule has 0 atom stereocenters. The van der Waals surface area contributed by atoms with Crippen molar-refractivity contribution in [2.75, 3.05) is 0 Å². The number of hydrogen-bond donors (Lipinski definition) is 2. The molecule has 0 bridgehead atoms. The van der Waals surface area contributed by atoms with Crippen LogP contribution in [0.25, 0.3) is 10.9 Å². The van der Waals surface area contributed by atoms with E-state index in [9.17, 15) is 14.9 Å². The van der Waals surface area contributed by atoms with Crippen molar-refractivity contribution in [3.05, 3.63) is 75.5 Å². The summed E-state index contributed by atoms with van der Waals surface area (Å²) in [5.74, 6) is -0.454. The molecular formula is C17H14N4O3. The average molecular weight is 322 g/mol. The van der Waals surface area contributed by atoms with Crippen molar-refractivity contribution in [1.82, 2.24) is 10.4 Å². The van der Waals surface area contributed by atoms with Crippen molar-refractivity contribution in [3.8, 4) is 0 Å². The second-order valence-electron chi connectivity index (χ2n) is 5.19. The van der Waals surface area contributed by atoms with Gasteiger partial charge in [-0.3, -0.25) is 14.9 Å². The van der Waals surface area contributed by atoms with Crippen LogP contribution >= 0.6 is 0 Å². The predicted molar refractivity (Wildman–Crippen MR) is 91.2 cm³/mol. The number of aromatic amines is 1. The second-order valence-corrected chi connectivity index (χ2v) is 5.19. The number of benzene rings is 2. The number of aryl methyl sites for hydroxylation is 1. The van der Waals surface area contributed by atoms with E-state index >= 15 is 0 Å². The minimum Gasteiger partial charge on any atom is -0.345 e. The van der Waals surface area contributed by atoms with E-state index in [4.69, 9.17) is 0 Å². The molecular weight excluding hydrogens is 308 g/mol. The zero-order valence-electron chi connectivity index (χ0n) is 12.8. The van der Waals surface area contributed by atoms with Crippen molar-refractivity contribution in [2.24, 2.45) is 5.10 Å². The number of carbonyl (C=O) groups excluding carboxylic acids is 1. The van der Waals surface area contributed by atoms with E-state index in [-0.39, 0.29) is 11.4 Å². The number of carbonyl (C=O) groups is 1. The lowest BCUT2D eigenvalue weighted by Crippen LogP contribution is -2.18. The molecule has 1 aromatic heterocycles. The Morgan fingerprint density at radius 3 is 2.67 bits per heavy atom. The van der Waals surface area contributed by atoms with E-state index in [1.807, 2.05) is 30.3 Å². The molecule has 0 radical (unpaired) electrons. The van der Waals surface area contributed by atoms with Gasteiger partial charge in [0.05, 0.1) is 11.1 Å². The maximum absolute atomic E-state index is 12.3. The molecule has 120 valence electrons. The summed E-state index contributed by atoms with van der Waals surface area (Å²) in [5.41, 5.74) is 4.43. The standard InChI is InChI=1S/C17H14N4O3/c1-11-13-8-5-9-14(21(23)24)16(13)19-15(11)17(22)20-18-10-12-6-3-2-4-7-12/h2-10,19H,1H3,(H,20,22)/b18-10-. The molecule has 1 heterocycles. The average Bonchev–Trinajstić information content (AvgIpc) is 2.93. The number of nitrogens with one attached hydrogen (secondary N) is 2. The highest BCUT2D eigenvalue weighted by Gasteiger charge is 2.20. The van der Waals surface area contributed by atoms with E-state index in [1.54, 1.807) is 19.1 Å². The number of fused-ring (bicyclic) bond motifs is 1. The Morgan fingerprint density at radius 1 is 1.21 bits per heavy atom. The van der Waals surface area contributed by atoms with Gasteiger partial charge in [-0.25, -0.2) is 5.43 Å². The SMILES string of the molecule is Cc1c(C(=O)N/N=C\c2ccccc2)[nH]c2c([N+](=O)[O-])cccc12. The van der Waals surface area contributed by atoms with Crippen molar-refractivity contribution >= 4 is 28.7 Å². The van der Waals surface area contributed by atoms with Crippen molar-refractivity contribution < 1.29 is 9.72 Å². The van der Waals surface area contributed by atoms with Gasteiger partial charge < -0.3 is 4.98 Å². The smallest absolute Gasteiger partial charge is 0.293 e. The van der Waals surface area contributed by atoms with Gasteiger partial charge in [-0.1, -0.05) is 42.5 Å². The molecule has 3 rings (SSSR count). The third-order valence-electron chi connectivity index (χ3n) is 3.67. The summed E-state index contributed by atoms with van der Waals surface area (Å²) >= 11 is 0. The Morgan fingerprint density at radius 2 is 1.96 bits per heavy atom. The van der Waals surface area contributed by atoms with Gasteiger partial charge in [0.15, 0.2) is 0 Å². The fourth-order valence-electron chi connectivity index (χ4n) is 2.48. The van der Waals surface area contributed by atoms with Crippen LogP contribution < -0.4 is 5.43 Å². The van der Waals surface area contributed by atoms with E-state index in [0.29, 0.717) is 16.5 Å². The summed E-state index contributed by atoms with van der Waals surface area (Å²) in [6.07, 6.45) is 1.53. The molecule has 7 heteroatoms. The first kappa shape index (κ1) is 15.4. The molecule has 24 heavy (non-hydrogen) atoms. The number of hydrazone groups is 1. The van der Waals surface area contributed by atoms with Gasteiger partial charge in [0.25, 0.3) is 11.6 Å². The summed E-state index contributed by atoms with van der Waals surface area (Å²) < 4.78 is 0. The van der Waals surface area contributed by atoms with Gasteiger partial charge in [-0.2, -0.15) is 5.10 Å². The van der Waals surface area contributed by atoms with Crippen LogP contribution in [0.5, 0.6) is 0 Å². The van der Waals surface area contributed by atoms with Crippen LogP contribution in [0.4, 0.5) is 5.69 Å². The highest BCUT2D eigenvalue weighted by atomic mass is 16.6. The molecule has 0 aliphatic heterocycles. The number of amides is 1. The molecule has 7 nitrogen and oxygen atoms in total. The lowest BCUT2D eigenvalue weighted by molar-refractivity contribution is -0.383. The molecule has 0 fully saturated rings. The number of nitro groups is 1. The molecule has 0 saturated carbocycles. The third-order valence-corrected chi connectivity index (χ3v) is 3.67. The molecule has 0 aliphatic rings. The second kappa shape index (κ2) is 6.33. The van der Waals surface area contributed by atoms with Crippen molar-refractivity contribution in [1.29, 1.82) is 0 Å². The van der Waals surface area contributed by atoms with Crippen LogP contribution in [0.3, 0.4) is 0 Å². The van der Waals surface area contributed by atoms with Crippen LogP contribution in [0.2, 0.25) is 0 Å². The van der Waals surface area contributed by atoms with Gasteiger partial charge in [0, 0.05) is 11.5 Å². The number of nitrogens with zero attached hydrogens (tertiary/aromatic N) is 2. The Kier molecular flexibility index (Phi) is 4.07. The Balaban J connectivity index is 1.88. The fourth-order valence-corrected chi connectivity index (χ4v) is 2.48. The lowest BCUT2D eigenvalue weighted by Gasteiger charge is -1.98. The van der Waals surface area contributed by atoms with Crippen LogP contribution in [0.1, 0.15) is 21.6 Å². The van der Waals surface area contributed by atoms with Crippen molar-refractivity contribution in [2.45, 2.75) is 6.92 Å². The van der Waals surface area contributed by atoms with Gasteiger partial charge in [-0.05, 0) is 18.1 Å². The quantitative estimate of drug-likeness (QED) is 0.438. The maximum Gasteiger partial charge on any atom is 0.293 e. The van der Waals surface area contributed by atoms with Crippen LogP contribution in [-0.4, -0.2) is 22.0 Å². The predicted octanol–water partition coefficient (Wildman–Crippen LogP) is 3.15. The molecule has 0 spiro atoms. The summed E-state index contributed by atoms with van der Waals surface area (Å²) in [5, 5.41) is 15.6. The number of rotatable bonds is 4. The number of H-pyrrole nitrogens is 1. The topological polar surface area (TPSA) is 100 Å². The van der Waals surface area contributed by atoms with Crippen LogP contribution in [0, 0.1) is 17.0 Å². The Labute approximate surface area is 137 Å². The monoisotopic (exact) mass is 322 g/mol. The molecule has 0 saturated heterocycles. The lowest BCUT2D eigenvalue weighted by atomic mass is 10.1. The Bertz CT molecular complexity index is 945. The number of hydrogen-bond acceptors (Lipinski definition) is 4. The minimum atomic E-state index is -0.479. The van der Waals surface area contributed by atoms with Crippen LogP contribution in [0.15, 0.2) is 53.6 Å². The van der Waals surface area contributed by atoms with E-state index in [0.717, 1.165) is 5.56 Å². The summed E-state index contributed by atoms with van der Waals surface area (Å²) in [6, 6.07) is 14.0. The largest absolute Gasteiger partial charge is 0.345 e. The first-order valence-corrected chi connectivity index (χ1v) is 7.22. The molecule has 3 aromatic rings. The summed E-state index contributed by atoms with van der Waals surface area (Å²) in [7, 11) is 0. The van der Waals surface area contributed by atoms with E-state index < -0.39 is 10.8 Å². The van der Waals surface area contributed by atoms with Gasteiger partial charge in [0.2, 0.25) is 0 Å². The first-order chi connectivity index (χ1) is 11.6. The van der Waals surface area contributed by atoms with E-state index in [1.165, 1.54) is 12.3 Å². The van der Waals surface area contributed by atoms with Gasteiger partial charge in [0.1, 0.15) is 11.2 Å². The highest BCUT2D eigenvalue weighted by Crippen LogP contribution is 2.29. The summed E-state index contributed by atoms with van der Waals surface area (Å²) in [6.45, 7) is 1.73. The van der Waals surface area contributed by atoms with Crippen molar-refractivity contribution in [3.63, 3.8) is 0 Å². The van der Waals surface area contributed by atoms with E-state index in [2.05, 4.69) is 15.5 Å². The molecule has 2 aromatic carbocycles. The maximum atomic E-state index is 12.3. The fraction of sp³-hybridized carbons (Fsp3) is 0.0588. The van der Waals surface area contributed by atoms with Gasteiger partial charge in [-0.15, -0.1) is 0 Å². The number of aromatic nitrogens is 1. The molecule has 0 unspecified atom stereocenters. The zero-order chi connectivity index (χ0) is 17.1. The normalized spacial score (nSPS) is 11.0. The van der Waals surface area contributed by atoms with Gasteiger partial charge >= 0.3 is 0 Å². The zero-order valence-corrected chi connectivity index (χ0v) is 12.8. The molecule has 2 N–H and O–H groups in total. The summed E-state index contributed by atoms with van der Waals surface area (Å²) in [4.78, 5) is 25.7. The highest BCUT2D eigenvalue weighted by molar-refractivity contribution is 6.03. The Hall–Kier alpha value is -3.48. The number of non-ortho nitro benzene ring substituents is 1. The molecule has 1 amide bonds. The third kappa shape index (κ3) is 2.87. The first-order valence-electron chi connectivity index (χ1n) is 7.22. The number of para-hydroxylation sites is 1. The van der Waals surface area contributed by atoms with Crippen LogP contribution in [-0.2, 0) is 0 Å². The number of nitro benzene ring substituents is 1. The molecule has 0 aliphatic carbocycles. The minimum absolute atomic E-state index is 0.0672.